The highest BCUT2D eigenvalue weighted by molar-refractivity contribution is 5.31. The van der Waals surface area contributed by atoms with Crippen molar-refractivity contribution in [3.05, 3.63) is 73.9 Å². The number of rotatable bonds is 7. The minimum Gasteiger partial charge on any atom is -0.103 e. The van der Waals surface area contributed by atoms with Gasteiger partial charge in [0.1, 0.15) is 0 Å². The van der Waals surface area contributed by atoms with E-state index in [-0.39, 0.29) is 10.8 Å². The van der Waals surface area contributed by atoms with Gasteiger partial charge in [0.2, 0.25) is 0 Å². The predicted molar refractivity (Wildman–Crippen MR) is 89.4 cm³/mol. The Hall–Kier alpha value is -1.56. The summed E-state index contributed by atoms with van der Waals surface area (Å²) in [6.45, 7) is 12.6. The Morgan fingerprint density at radius 1 is 0.750 bits per heavy atom. The molecule has 0 nitrogen and oxygen atoms in total. The lowest BCUT2D eigenvalue weighted by molar-refractivity contribution is 0.155. The fraction of sp³-hybridized carbons (Fsp3) is 0.400. The van der Waals surface area contributed by atoms with E-state index in [4.69, 9.17) is 0 Å². The van der Waals surface area contributed by atoms with Crippen molar-refractivity contribution in [3.8, 4) is 0 Å². The molecule has 0 saturated carbocycles. The molecule has 2 aliphatic carbocycles. The molecule has 0 spiro atoms. The largest absolute Gasteiger partial charge is 0.103 e. The van der Waals surface area contributed by atoms with E-state index in [1.165, 1.54) is 0 Å². The molecule has 0 saturated heterocycles. The van der Waals surface area contributed by atoms with Crippen LogP contribution in [0.2, 0.25) is 0 Å². The molecule has 0 N–H and O–H groups in total. The van der Waals surface area contributed by atoms with Crippen LogP contribution in [0, 0.1) is 22.7 Å². The Bertz CT molecular complexity index is 414. The van der Waals surface area contributed by atoms with Crippen LogP contribution in [0.25, 0.3) is 0 Å². The van der Waals surface area contributed by atoms with Crippen LogP contribution in [0.5, 0.6) is 0 Å². The van der Waals surface area contributed by atoms with Crippen molar-refractivity contribution >= 4 is 0 Å². The standard InChI is InChI=1S/C20H26/c1-5-11-19(13-7-8-14-19)17(3)18(4)20(12-6-2)15-9-10-16-20/h5-10,13-18H,1-2,11-12H2,3-4H3. The van der Waals surface area contributed by atoms with Crippen LogP contribution in [-0.2, 0) is 0 Å². The van der Waals surface area contributed by atoms with Crippen LogP contribution in [0.3, 0.4) is 0 Å². The topological polar surface area (TPSA) is 0 Å². The lowest BCUT2D eigenvalue weighted by Crippen LogP contribution is -2.36. The van der Waals surface area contributed by atoms with E-state index in [9.17, 15) is 0 Å². The highest BCUT2D eigenvalue weighted by atomic mass is 14.5. The molecule has 2 aliphatic rings. The molecule has 2 atom stereocenters. The lowest BCUT2D eigenvalue weighted by Gasteiger charge is -2.43. The number of hydrogen-bond acceptors (Lipinski definition) is 0. The van der Waals surface area contributed by atoms with Gasteiger partial charge >= 0.3 is 0 Å². The van der Waals surface area contributed by atoms with E-state index in [2.05, 4.69) is 75.6 Å². The van der Waals surface area contributed by atoms with Crippen molar-refractivity contribution < 1.29 is 0 Å². The normalized spacial score (nSPS) is 23.9. The third-order valence-corrected chi connectivity index (χ3v) is 5.29. The first-order valence-electron chi connectivity index (χ1n) is 7.56. The molecular formula is C20H26. The first-order valence-corrected chi connectivity index (χ1v) is 7.56. The Kier molecular flexibility index (Phi) is 4.32. The highest BCUT2D eigenvalue weighted by Gasteiger charge is 2.42. The molecular weight excluding hydrogens is 240 g/mol. The molecule has 0 heterocycles. The third-order valence-electron chi connectivity index (χ3n) is 5.29. The molecule has 20 heavy (non-hydrogen) atoms. The summed E-state index contributed by atoms with van der Waals surface area (Å²) in [6, 6.07) is 0. The molecule has 0 amide bonds. The van der Waals surface area contributed by atoms with E-state index >= 15 is 0 Å². The van der Waals surface area contributed by atoms with Gasteiger partial charge < -0.3 is 0 Å². The van der Waals surface area contributed by atoms with Gasteiger partial charge in [-0.05, 0) is 24.7 Å². The first-order chi connectivity index (χ1) is 9.60. The quantitative estimate of drug-likeness (QED) is 0.523. The molecule has 0 aliphatic heterocycles. The second-order valence-electron chi connectivity index (χ2n) is 6.22. The van der Waals surface area contributed by atoms with Crippen molar-refractivity contribution in [1.29, 1.82) is 0 Å². The lowest BCUT2D eigenvalue weighted by atomic mass is 9.61. The zero-order chi connectivity index (χ0) is 14.6. The molecule has 0 heteroatoms. The summed E-state index contributed by atoms with van der Waals surface area (Å²) in [4.78, 5) is 0. The predicted octanol–water partition coefficient (Wildman–Crippen LogP) is 5.64. The van der Waals surface area contributed by atoms with E-state index in [0.29, 0.717) is 11.8 Å². The molecule has 106 valence electrons. The summed E-state index contributed by atoms with van der Waals surface area (Å²) in [5.74, 6) is 1.09. The van der Waals surface area contributed by atoms with Crippen LogP contribution >= 0.6 is 0 Å². The van der Waals surface area contributed by atoms with Crippen LogP contribution in [0.4, 0.5) is 0 Å². The number of allylic oxidation sites excluding steroid dienone is 10. The van der Waals surface area contributed by atoms with Gasteiger partial charge in [0.25, 0.3) is 0 Å². The van der Waals surface area contributed by atoms with Gasteiger partial charge in [0.05, 0.1) is 0 Å². The first kappa shape index (κ1) is 14.8. The van der Waals surface area contributed by atoms with Crippen molar-refractivity contribution in [2.24, 2.45) is 22.7 Å². The molecule has 0 aromatic rings. The SMILES string of the molecule is C=CCC1(C(C)C(C)C2(CC=C)C=CC=C2)C=CC=C1. The van der Waals surface area contributed by atoms with E-state index in [1.54, 1.807) is 0 Å². The van der Waals surface area contributed by atoms with Gasteiger partial charge in [0, 0.05) is 10.8 Å². The Morgan fingerprint density at radius 2 is 1.05 bits per heavy atom. The van der Waals surface area contributed by atoms with Crippen molar-refractivity contribution in [2.75, 3.05) is 0 Å². The van der Waals surface area contributed by atoms with Crippen molar-refractivity contribution in [1.82, 2.24) is 0 Å². The summed E-state index contributed by atoms with van der Waals surface area (Å²) in [5.41, 5.74) is 0.249. The summed E-state index contributed by atoms with van der Waals surface area (Å²) in [6.07, 6.45) is 24.2. The van der Waals surface area contributed by atoms with E-state index in [0.717, 1.165) is 12.8 Å². The monoisotopic (exact) mass is 266 g/mol. The van der Waals surface area contributed by atoms with Gasteiger partial charge in [-0.2, -0.15) is 0 Å². The summed E-state index contributed by atoms with van der Waals surface area (Å²) in [7, 11) is 0. The van der Waals surface area contributed by atoms with Crippen LogP contribution in [0.15, 0.2) is 73.9 Å². The van der Waals surface area contributed by atoms with E-state index in [1.807, 2.05) is 12.2 Å². The fourth-order valence-corrected chi connectivity index (χ4v) is 3.73. The maximum atomic E-state index is 3.95. The minimum absolute atomic E-state index is 0.125. The van der Waals surface area contributed by atoms with Crippen LogP contribution in [-0.4, -0.2) is 0 Å². The minimum atomic E-state index is 0.125. The average molecular weight is 266 g/mol. The second-order valence-corrected chi connectivity index (χ2v) is 6.22. The Morgan fingerprint density at radius 3 is 1.30 bits per heavy atom. The fourth-order valence-electron chi connectivity index (χ4n) is 3.73. The Balaban J connectivity index is 2.29. The zero-order valence-corrected chi connectivity index (χ0v) is 12.8. The smallest absolute Gasteiger partial charge is 0.0130 e. The molecule has 0 bridgehead atoms. The third kappa shape index (κ3) is 2.40. The maximum Gasteiger partial charge on any atom is 0.0130 e. The van der Waals surface area contributed by atoms with Gasteiger partial charge in [0.15, 0.2) is 0 Å². The van der Waals surface area contributed by atoms with E-state index < -0.39 is 0 Å². The van der Waals surface area contributed by atoms with Gasteiger partial charge in [-0.15, -0.1) is 13.2 Å². The van der Waals surface area contributed by atoms with Crippen molar-refractivity contribution in [3.63, 3.8) is 0 Å². The summed E-state index contributed by atoms with van der Waals surface area (Å²) >= 11 is 0. The second kappa shape index (κ2) is 5.83. The molecule has 0 aromatic carbocycles. The molecule has 0 aromatic heterocycles. The highest BCUT2D eigenvalue weighted by Crippen LogP contribution is 2.50. The van der Waals surface area contributed by atoms with Gasteiger partial charge in [-0.3, -0.25) is 0 Å². The zero-order valence-electron chi connectivity index (χ0n) is 12.8. The molecule has 2 unspecified atom stereocenters. The summed E-state index contributed by atoms with van der Waals surface area (Å²) in [5, 5.41) is 0. The molecule has 0 radical (unpaired) electrons. The Labute approximate surface area is 124 Å². The number of hydrogen-bond donors (Lipinski definition) is 0. The average Bonchev–Trinajstić information content (AvgIpc) is 3.09. The van der Waals surface area contributed by atoms with Crippen molar-refractivity contribution in [2.45, 2.75) is 26.7 Å². The van der Waals surface area contributed by atoms with Crippen LogP contribution in [0.1, 0.15) is 26.7 Å². The molecule has 0 fully saturated rings. The maximum absolute atomic E-state index is 3.95. The van der Waals surface area contributed by atoms with Crippen LogP contribution < -0.4 is 0 Å². The van der Waals surface area contributed by atoms with Gasteiger partial charge in [-0.1, -0.05) is 74.6 Å². The molecule has 2 rings (SSSR count). The van der Waals surface area contributed by atoms with Gasteiger partial charge in [-0.25, -0.2) is 0 Å². The summed E-state index contributed by atoms with van der Waals surface area (Å²) < 4.78 is 0.